The van der Waals surface area contributed by atoms with Crippen molar-refractivity contribution in [1.29, 1.82) is 0 Å². The van der Waals surface area contributed by atoms with Crippen LogP contribution in [-0.2, 0) is 0 Å². The summed E-state index contributed by atoms with van der Waals surface area (Å²) in [6.45, 7) is 0. The highest BCUT2D eigenvalue weighted by Crippen LogP contribution is 2.11. The Hall–Kier alpha value is 0.370. The van der Waals surface area contributed by atoms with Crippen molar-refractivity contribution in [2.45, 2.75) is 0 Å². The molecule has 1 aliphatic heterocycles. The smallest absolute Gasteiger partial charge is 0.0680 e. The Balaban J connectivity index is 2.26. The molecule has 0 aromatic carbocycles. The first-order valence-corrected chi connectivity index (χ1v) is 3.75. The maximum atomic E-state index is 3.93. The molecule has 0 fully saturated rings. The van der Waals surface area contributed by atoms with Gasteiger partial charge in [-0.05, 0) is 11.9 Å². The standard InChI is InChI=1S/C3H5NS2/c1-2-6-4-3-5-1/h3H,1-2H2. The summed E-state index contributed by atoms with van der Waals surface area (Å²) >= 11 is 3.43. The fourth-order valence-corrected chi connectivity index (χ4v) is 1.63. The van der Waals surface area contributed by atoms with E-state index in [1.54, 1.807) is 23.7 Å². The average molecular weight is 119 g/mol. The largest absolute Gasteiger partial charge is 0.218 e. The lowest BCUT2D eigenvalue weighted by Crippen LogP contribution is -1.85. The van der Waals surface area contributed by atoms with Gasteiger partial charge in [0, 0.05) is 11.5 Å². The molecule has 6 heavy (non-hydrogen) atoms. The molecule has 1 rings (SSSR count). The molecule has 1 aliphatic rings. The molecular formula is C3H5NS2. The molecule has 34 valence electrons. The van der Waals surface area contributed by atoms with E-state index >= 15 is 0 Å². The van der Waals surface area contributed by atoms with Crippen molar-refractivity contribution in [2.24, 2.45) is 4.40 Å². The summed E-state index contributed by atoms with van der Waals surface area (Å²) < 4.78 is 3.93. The van der Waals surface area contributed by atoms with E-state index in [0.717, 1.165) is 0 Å². The van der Waals surface area contributed by atoms with Crippen LogP contribution >= 0.6 is 23.7 Å². The number of thioether (sulfide) groups is 1. The third-order valence-corrected chi connectivity index (χ3v) is 2.21. The first-order chi connectivity index (χ1) is 3.00. The molecule has 0 saturated heterocycles. The summed E-state index contributed by atoms with van der Waals surface area (Å²) in [5, 5.41) is 0. The van der Waals surface area contributed by atoms with Crippen molar-refractivity contribution in [2.75, 3.05) is 11.5 Å². The number of rotatable bonds is 0. The minimum absolute atomic E-state index is 1.18. The lowest BCUT2D eigenvalue weighted by atomic mass is 11.0. The number of nitrogens with zero attached hydrogens (tertiary/aromatic N) is 1. The van der Waals surface area contributed by atoms with Crippen LogP contribution in [0.1, 0.15) is 0 Å². The zero-order chi connectivity index (χ0) is 4.24. The average Bonchev–Trinajstić information content (AvgIpc) is 1.72. The highest BCUT2D eigenvalue weighted by atomic mass is 32.2. The first kappa shape index (κ1) is 4.53. The molecule has 0 aromatic rings. The third-order valence-electron chi connectivity index (χ3n) is 0.485. The molecule has 0 aliphatic carbocycles. The fraction of sp³-hybridized carbons (Fsp3) is 0.667. The van der Waals surface area contributed by atoms with Crippen LogP contribution < -0.4 is 0 Å². The molecule has 0 aromatic heterocycles. The second kappa shape index (κ2) is 2.53. The predicted octanol–water partition coefficient (Wildman–Crippen LogP) is 1.41. The van der Waals surface area contributed by atoms with Gasteiger partial charge in [-0.15, -0.1) is 11.8 Å². The van der Waals surface area contributed by atoms with Gasteiger partial charge in [-0.1, -0.05) is 0 Å². The molecule has 0 spiro atoms. The van der Waals surface area contributed by atoms with Crippen molar-refractivity contribution >= 4 is 29.3 Å². The second-order valence-corrected chi connectivity index (χ2v) is 2.74. The SMILES string of the molecule is C1=NSCCS1. The molecule has 0 atom stereocenters. The molecular weight excluding hydrogens is 114 g/mol. The molecule has 0 radical (unpaired) electrons. The Morgan fingerprint density at radius 2 is 2.50 bits per heavy atom. The molecule has 3 heteroatoms. The summed E-state index contributed by atoms with van der Waals surface area (Å²) in [4.78, 5) is 0. The molecule has 0 N–H and O–H groups in total. The monoisotopic (exact) mass is 119 g/mol. The van der Waals surface area contributed by atoms with Gasteiger partial charge in [0.05, 0.1) is 5.55 Å². The van der Waals surface area contributed by atoms with Gasteiger partial charge in [-0.3, -0.25) is 0 Å². The van der Waals surface area contributed by atoms with Gasteiger partial charge in [0.2, 0.25) is 0 Å². The molecule has 1 heterocycles. The lowest BCUT2D eigenvalue weighted by molar-refractivity contribution is 1.55. The van der Waals surface area contributed by atoms with Gasteiger partial charge in [-0.2, -0.15) is 0 Å². The van der Waals surface area contributed by atoms with Crippen LogP contribution in [0.3, 0.4) is 0 Å². The fourth-order valence-electron chi connectivity index (χ4n) is 0.252. The van der Waals surface area contributed by atoms with Gasteiger partial charge in [-0.25, -0.2) is 4.40 Å². The Bertz CT molecular complexity index is 53.8. The summed E-state index contributed by atoms with van der Waals surface area (Å²) in [6, 6.07) is 0. The molecule has 0 saturated carbocycles. The minimum atomic E-state index is 1.18. The van der Waals surface area contributed by atoms with Crippen LogP contribution in [0.5, 0.6) is 0 Å². The van der Waals surface area contributed by atoms with Gasteiger partial charge in [0.1, 0.15) is 0 Å². The van der Waals surface area contributed by atoms with Gasteiger partial charge in [0.25, 0.3) is 0 Å². The van der Waals surface area contributed by atoms with Gasteiger partial charge in [0.15, 0.2) is 0 Å². The van der Waals surface area contributed by atoms with Crippen molar-refractivity contribution in [1.82, 2.24) is 0 Å². The van der Waals surface area contributed by atoms with E-state index in [-0.39, 0.29) is 0 Å². The van der Waals surface area contributed by atoms with Crippen LogP contribution in [0.25, 0.3) is 0 Å². The zero-order valence-corrected chi connectivity index (χ0v) is 4.89. The van der Waals surface area contributed by atoms with Crippen LogP contribution in [0.2, 0.25) is 0 Å². The molecule has 0 bridgehead atoms. The summed E-state index contributed by atoms with van der Waals surface area (Å²) in [5.74, 6) is 2.41. The molecule has 0 unspecified atom stereocenters. The quantitative estimate of drug-likeness (QED) is 0.447. The zero-order valence-electron chi connectivity index (χ0n) is 3.26. The predicted molar refractivity (Wildman–Crippen MR) is 33.4 cm³/mol. The van der Waals surface area contributed by atoms with Gasteiger partial charge < -0.3 is 0 Å². The van der Waals surface area contributed by atoms with Crippen molar-refractivity contribution < 1.29 is 0 Å². The van der Waals surface area contributed by atoms with E-state index in [0.29, 0.717) is 0 Å². The summed E-state index contributed by atoms with van der Waals surface area (Å²) in [5.41, 5.74) is 1.90. The van der Waals surface area contributed by atoms with Crippen LogP contribution in [0.4, 0.5) is 0 Å². The van der Waals surface area contributed by atoms with Gasteiger partial charge >= 0.3 is 0 Å². The van der Waals surface area contributed by atoms with E-state index in [2.05, 4.69) is 4.40 Å². The Labute approximate surface area is 45.7 Å². The van der Waals surface area contributed by atoms with Crippen molar-refractivity contribution in [3.8, 4) is 0 Å². The normalized spacial score (nSPS) is 21.3. The summed E-state index contributed by atoms with van der Waals surface area (Å²) in [6.07, 6.45) is 0. The van der Waals surface area contributed by atoms with E-state index in [4.69, 9.17) is 0 Å². The van der Waals surface area contributed by atoms with Crippen LogP contribution in [0, 0.1) is 0 Å². The first-order valence-electron chi connectivity index (χ1n) is 1.75. The van der Waals surface area contributed by atoms with Crippen LogP contribution in [-0.4, -0.2) is 17.1 Å². The lowest BCUT2D eigenvalue weighted by Gasteiger charge is -1.95. The highest BCUT2D eigenvalue weighted by molar-refractivity contribution is 8.14. The summed E-state index contributed by atoms with van der Waals surface area (Å²) in [7, 11) is 0. The highest BCUT2D eigenvalue weighted by Gasteiger charge is 1.89. The Morgan fingerprint density at radius 1 is 1.50 bits per heavy atom. The van der Waals surface area contributed by atoms with E-state index < -0.39 is 0 Å². The second-order valence-electron chi connectivity index (χ2n) is 0.915. The maximum Gasteiger partial charge on any atom is 0.0680 e. The minimum Gasteiger partial charge on any atom is -0.218 e. The maximum absolute atomic E-state index is 3.93. The Morgan fingerprint density at radius 3 is 2.67 bits per heavy atom. The Kier molecular flexibility index (Phi) is 1.91. The third kappa shape index (κ3) is 1.22. The molecule has 1 nitrogen and oxygen atoms in total. The topological polar surface area (TPSA) is 12.4 Å². The number of hydrogen-bond acceptors (Lipinski definition) is 3. The van der Waals surface area contributed by atoms with Crippen molar-refractivity contribution in [3.05, 3.63) is 0 Å². The van der Waals surface area contributed by atoms with Crippen LogP contribution in [0.15, 0.2) is 4.40 Å². The van der Waals surface area contributed by atoms with E-state index in [9.17, 15) is 0 Å². The van der Waals surface area contributed by atoms with E-state index in [1.807, 2.05) is 5.55 Å². The number of hydrogen-bond donors (Lipinski definition) is 0. The van der Waals surface area contributed by atoms with Crippen molar-refractivity contribution in [3.63, 3.8) is 0 Å². The molecule has 0 amide bonds. The van der Waals surface area contributed by atoms with E-state index in [1.165, 1.54) is 11.5 Å².